The minimum atomic E-state index is -0.523. The summed E-state index contributed by atoms with van der Waals surface area (Å²) in [7, 11) is 0. The van der Waals surface area contributed by atoms with Crippen LogP contribution < -0.4 is 5.76 Å². The summed E-state index contributed by atoms with van der Waals surface area (Å²) >= 11 is 0. The highest BCUT2D eigenvalue weighted by molar-refractivity contribution is 5.63. The van der Waals surface area contributed by atoms with Gasteiger partial charge in [-0.3, -0.25) is 0 Å². The van der Waals surface area contributed by atoms with E-state index in [0.29, 0.717) is 5.89 Å². The number of rotatable bonds is 1. The molecule has 1 N–H and O–H groups in total. The number of aromatic nitrogens is 2. The van der Waals surface area contributed by atoms with Crippen molar-refractivity contribution in [1.82, 2.24) is 10.2 Å². The molecular weight excluding hydrogens is 204 g/mol. The van der Waals surface area contributed by atoms with Gasteiger partial charge in [0.05, 0.1) is 0 Å². The Morgan fingerprint density at radius 1 is 1.12 bits per heavy atom. The fraction of sp³-hybridized carbons (Fsp3) is 0.333. The summed E-state index contributed by atoms with van der Waals surface area (Å²) in [4.78, 5) is 10.9. The van der Waals surface area contributed by atoms with Gasteiger partial charge >= 0.3 is 5.76 Å². The lowest BCUT2D eigenvalue weighted by molar-refractivity contribution is 0.526. The molecule has 0 fully saturated rings. The first-order valence-corrected chi connectivity index (χ1v) is 5.14. The van der Waals surface area contributed by atoms with Gasteiger partial charge in [0.25, 0.3) is 0 Å². The predicted molar refractivity (Wildman–Crippen MR) is 61.5 cm³/mol. The first-order valence-electron chi connectivity index (χ1n) is 5.14. The second-order valence-corrected chi connectivity index (χ2v) is 4.03. The molecule has 2 rings (SSSR count). The van der Waals surface area contributed by atoms with Crippen molar-refractivity contribution in [1.29, 1.82) is 0 Å². The van der Waals surface area contributed by atoms with E-state index in [1.807, 2.05) is 19.9 Å². The van der Waals surface area contributed by atoms with Crippen molar-refractivity contribution in [3.8, 4) is 11.5 Å². The second kappa shape index (κ2) is 3.63. The van der Waals surface area contributed by atoms with Gasteiger partial charge in [-0.15, -0.1) is 5.10 Å². The first kappa shape index (κ1) is 10.7. The normalized spacial score (nSPS) is 10.8. The van der Waals surface area contributed by atoms with E-state index in [2.05, 4.69) is 24.0 Å². The standard InChI is InChI=1S/C12H14N2O2/c1-6-5-10(9(4)8(3)7(6)2)11-13-14-12(15)16-11/h5H,1-4H3,(H,14,15). The van der Waals surface area contributed by atoms with Gasteiger partial charge in [-0.25, -0.2) is 9.89 Å². The Morgan fingerprint density at radius 3 is 2.38 bits per heavy atom. The van der Waals surface area contributed by atoms with E-state index in [-0.39, 0.29) is 0 Å². The highest BCUT2D eigenvalue weighted by Crippen LogP contribution is 2.27. The van der Waals surface area contributed by atoms with Gasteiger partial charge in [-0.05, 0) is 56.0 Å². The van der Waals surface area contributed by atoms with Crippen LogP contribution in [-0.4, -0.2) is 10.2 Å². The number of nitrogens with zero attached hydrogens (tertiary/aromatic N) is 1. The van der Waals surface area contributed by atoms with E-state index < -0.39 is 5.76 Å². The van der Waals surface area contributed by atoms with E-state index in [0.717, 1.165) is 11.1 Å². The Balaban J connectivity index is 2.71. The fourth-order valence-corrected chi connectivity index (χ4v) is 1.78. The maximum absolute atomic E-state index is 10.9. The summed E-state index contributed by atoms with van der Waals surface area (Å²) in [6.07, 6.45) is 0. The van der Waals surface area contributed by atoms with Crippen LogP contribution in [0.15, 0.2) is 15.3 Å². The Bertz CT molecular complexity index is 594. The molecule has 0 unspecified atom stereocenters. The third-order valence-corrected chi connectivity index (χ3v) is 3.15. The van der Waals surface area contributed by atoms with E-state index in [4.69, 9.17) is 4.42 Å². The van der Waals surface area contributed by atoms with E-state index in [1.165, 1.54) is 16.7 Å². The van der Waals surface area contributed by atoms with Gasteiger partial charge in [-0.1, -0.05) is 0 Å². The molecule has 0 aliphatic rings. The number of benzene rings is 1. The summed E-state index contributed by atoms with van der Waals surface area (Å²) in [6, 6.07) is 2.00. The molecule has 16 heavy (non-hydrogen) atoms. The van der Waals surface area contributed by atoms with Crippen LogP contribution >= 0.6 is 0 Å². The number of H-pyrrole nitrogens is 1. The maximum Gasteiger partial charge on any atom is 0.434 e. The molecule has 1 aromatic heterocycles. The molecule has 0 saturated heterocycles. The third-order valence-electron chi connectivity index (χ3n) is 3.15. The van der Waals surface area contributed by atoms with Crippen molar-refractivity contribution in [3.05, 3.63) is 38.9 Å². The summed E-state index contributed by atoms with van der Waals surface area (Å²) in [5.41, 5.74) is 5.61. The summed E-state index contributed by atoms with van der Waals surface area (Å²) < 4.78 is 4.98. The topological polar surface area (TPSA) is 58.9 Å². The highest BCUT2D eigenvalue weighted by Gasteiger charge is 2.13. The molecule has 0 bridgehead atoms. The fourth-order valence-electron chi connectivity index (χ4n) is 1.78. The number of aryl methyl sites for hydroxylation is 1. The molecule has 0 spiro atoms. The molecule has 2 aromatic rings. The van der Waals surface area contributed by atoms with Crippen LogP contribution in [0.5, 0.6) is 0 Å². The molecule has 4 heteroatoms. The maximum atomic E-state index is 10.9. The number of aromatic amines is 1. The largest absolute Gasteiger partial charge is 0.434 e. The molecule has 0 saturated carbocycles. The molecular formula is C12H14N2O2. The van der Waals surface area contributed by atoms with Crippen LogP contribution in [0.1, 0.15) is 22.3 Å². The molecule has 4 nitrogen and oxygen atoms in total. The summed E-state index contributed by atoms with van der Waals surface area (Å²) in [5, 5.41) is 6.13. The van der Waals surface area contributed by atoms with Gasteiger partial charge in [0.2, 0.25) is 5.89 Å². The lowest BCUT2D eigenvalue weighted by Crippen LogP contribution is -1.95. The van der Waals surface area contributed by atoms with E-state index in [1.54, 1.807) is 0 Å². The molecule has 84 valence electrons. The van der Waals surface area contributed by atoms with E-state index in [9.17, 15) is 4.79 Å². The Morgan fingerprint density at radius 2 is 1.81 bits per heavy atom. The highest BCUT2D eigenvalue weighted by atomic mass is 16.4. The van der Waals surface area contributed by atoms with Gasteiger partial charge in [-0.2, -0.15) is 0 Å². The lowest BCUT2D eigenvalue weighted by atomic mass is 9.95. The molecule has 0 aliphatic carbocycles. The third kappa shape index (κ3) is 1.56. The van der Waals surface area contributed by atoms with E-state index >= 15 is 0 Å². The average Bonchev–Trinajstić information content (AvgIpc) is 2.67. The minimum absolute atomic E-state index is 0.355. The zero-order chi connectivity index (χ0) is 11.9. The van der Waals surface area contributed by atoms with Crippen LogP contribution in [0.4, 0.5) is 0 Å². The summed E-state index contributed by atoms with van der Waals surface area (Å²) in [6.45, 7) is 8.19. The van der Waals surface area contributed by atoms with Crippen molar-refractivity contribution in [2.75, 3.05) is 0 Å². The molecule has 0 aliphatic heterocycles. The van der Waals surface area contributed by atoms with Gasteiger partial charge in [0.1, 0.15) is 0 Å². The molecule has 1 aromatic carbocycles. The first-order chi connectivity index (χ1) is 7.50. The monoisotopic (exact) mass is 218 g/mol. The van der Waals surface area contributed by atoms with Gasteiger partial charge in [0, 0.05) is 5.56 Å². The van der Waals surface area contributed by atoms with Crippen LogP contribution in [0.25, 0.3) is 11.5 Å². The Kier molecular flexibility index (Phi) is 2.42. The van der Waals surface area contributed by atoms with Crippen molar-refractivity contribution >= 4 is 0 Å². The Hall–Kier alpha value is -1.84. The van der Waals surface area contributed by atoms with Crippen LogP contribution in [0.2, 0.25) is 0 Å². The quantitative estimate of drug-likeness (QED) is 0.798. The number of hydrogen-bond donors (Lipinski definition) is 1. The van der Waals surface area contributed by atoms with Crippen molar-refractivity contribution in [2.45, 2.75) is 27.7 Å². The molecule has 1 heterocycles. The zero-order valence-corrected chi connectivity index (χ0v) is 9.84. The smallest absolute Gasteiger partial charge is 0.388 e. The number of nitrogens with one attached hydrogen (secondary N) is 1. The van der Waals surface area contributed by atoms with Crippen molar-refractivity contribution < 1.29 is 4.42 Å². The SMILES string of the molecule is Cc1cc(-c2n[nH]c(=O)o2)c(C)c(C)c1C. The van der Waals surface area contributed by atoms with Crippen molar-refractivity contribution in [2.24, 2.45) is 0 Å². The minimum Gasteiger partial charge on any atom is -0.388 e. The predicted octanol–water partition coefficient (Wildman–Crippen LogP) is 2.26. The van der Waals surface area contributed by atoms with Crippen LogP contribution in [-0.2, 0) is 0 Å². The lowest BCUT2D eigenvalue weighted by Gasteiger charge is -2.11. The molecule has 0 radical (unpaired) electrons. The van der Waals surface area contributed by atoms with Gasteiger partial charge < -0.3 is 4.42 Å². The molecule has 0 atom stereocenters. The average molecular weight is 218 g/mol. The number of hydrogen-bond acceptors (Lipinski definition) is 3. The second-order valence-electron chi connectivity index (χ2n) is 4.03. The summed E-state index contributed by atoms with van der Waals surface area (Å²) in [5.74, 6) is -0.168. The van der Waals surface area contributed by atoms with Crippen molar-refractivity contribution in [3.63, 3.8) is 0 Å². The zero-order valence-electron chi connectivity index (χ0n) is 9.84. The van der Waals surface area contributed by atoms with Crippen LogP contribution in [0.3, 0.4) is 0 Å². The Labute approximate surface area is 93.3 Å². The van der Waals surface area contributed by atoms with Crippen LogP contribution in [0, 0.1) is 27.7 Å². The molecule has 0 amide bonds. The van der Waals surface area contributed by atoms with Gasteiger partial charge in [0.15, 0.2) is 0 Å².